The zero-order valence-corrected chi connectivity index (χ0v) is 9.24. The molecule has 1 aliphatic heterocycles. The maximum atomic E-state index is 13.5. The highest BCUT2D eigenvalue weighted by atomic mass is 35.5. The minimum Gasteiger partial charge on any atom is -0.447 e. The predicted octanol–water partition coefficient (Wildman–Crippen LogP) is 2.48. The first-order valence-corrected chi connectivity index (χ1v) is 4.47. The minimum absolute atomic E-state index is 0. The van der Waals surface area contributed by atoms with Crippen LogP contribution in [0.2, 0.25) is 0 Å². The van der Waals surface area contributed by atoms with Crippen molar-refractivity contribution in [2.75, 3.05) is 6.61 Å². The second kappa shape index (κ2) is 4.65. The number of amides is 1. The van der Waals surface area contributed by atoms with Gasteiger partial charge in [0.1, 0.15) is 6.61 Å². The Morgan fingerprint density at radius 1 is 1.38 bits per heavy atom. The second-order valence-corrected chi connectivity index (χ2v) is 3.40. The lowest BCUT2D eigenvalue weighted by Gasteiger charge is -2.10. The number of rotatable bonds is 1. The maximum absolute atomic E-state index is 13.5. The van der Waals surface area contributed by atoms with E-state index in [0.717, 1.165) is 0 Å². The van der Waals surface area contributed by atoms with E-state index in [1.54, 1.807) is 0 Å². The summed E-state index contributed by atoms with van der Waals surface area (Å²) in [6.45, 7) is 1.50. The van der Waals surface area contributed by atoms with Crippen LogP contribution in [0, 0.1) is 18.6 Å². The predicted molar refractivity (Wildman–Crippen MR) is 55.6 cm³/mol. The van der Waals surface area contributed by atoms with Crippen LogP contribution in [0.4, 0.5) is 13.6 Å². The molecule has 6 heteroatoms. The van der Waals surface area contributed by atoms with Crippen LogP contribution >= 0.6 is 12.4 Å². The maximum Gasteiger partial charge on any atom is 0.407 e. The molecule has 1 aliphatic rings. The monoisotopic (exact) mass is 249 g/mol. The summed E-state index contributed by atoms with van der Waals surface area (Å²) in [5.74, 6) is -1.81. The quantitative estimate of drug-likeness (QED) is 0.830. The number of hydrogen-bond donors (Lipinski definition) is 1. The third kappa shape index (κ3) is 2.09. The lowest BCUT2D eigenvalue weighted by Crippen LogP contribution is -2.19. The van der Waals surface area contributed by atoms with Crippen LogP contribution in [0.15, 0.2) is 12.1 Å². The Hall–Kier alpha value is -1.36. The van der Waals surface area contributed by atoms with E-state index < -0.39 is 23.8 Å². The van der Waals surface area contributed by atoms with Gasteiger partial charge in [0.05, 0.1) is 6.04 Å². The first kappa shape index (κ1) is 12.7. The second-order valence-electron chi connectivity index (χ2n) is 3.40. The van der Waals surface area contributed by atoms with Crippen LogP contribution in [0.5, 0.6) is 0 Å². The molecule has 0 unspecified atom stereocenters. The van der Waals surface area contributed by atoms with Gasteiger partial charge in [0, 0.05) is 5.56 Å². The fourth-order valence-corrected chi connectivity index (χ4v) is 1.48. The number of carbonyl (C=O) groups is 1. The Morgan fingerprint density at radius 3 is 2.62 bits per heavy atom. The van der Waals surface area contributed by atoms with Gasteiger partial charge < -0.3 is 10.1 Å². The van der Waals surface area contributed by atoms with Gasteiger partial charge in [-0.25, -0.2) is 13.6 Å². The van der Waals surface area contributed by atoms with Crippen LogP contribution in [0.3, 0.4) is 0 Å². The molecule has 1 atom stereocenters. The van der Waals surface area contributed by atoms with E-state index in [-0.39, 0.29) is 30.1 Å². The SMILES string of the molecule is Cc1ccc([C@@H]2COC(=O)N2)c(F)c1F.Cl. The molecule has 16 heavy (non-hydrogen) atoms. The molecule has 0 spiro atoms. The number of carbonyl (C=O) groups excluding carboxylic acids is 1. The van der Waals surface area contributed by atoms with Gasteiger partial charge in [-0.3, -0.25) is 0 Å². The van der Waals surface area contributed by atoms with Gasteiger partial charge in [0.25, 0.3) is 0 Å². The Labute approximate surface area is 97.2 Å². The number of ether oxygens (including phenoxy) is 1. The highest BCUT2D eigenvalue weighted by Gasteiger charge is 2.27. The molecule has 2 rings (SSSR count). The molecule has 88 valence electrons. The van der Waals surface area contributed by atoms with E-state index in [1.807, 2.05) is 0 Å². The van der Waals surface area contributed by atoms with Crippen molar-refractivity contribution in [1.82, 2.24) is 5.32 Å². The van der Waals surface area contributed by atoms with Crippen LogP contribution in [0.25, 0.3) is 0 Å². The summed E-state index contributed by atoms with van der Waals surface area (Å²) in [4.78, 5) is 10.7. The van der Waals surface area contributed by atoms with Crippen molar-refractivity contribution in [3.8, 4) is 0 Å². The largest absolute Gasteiger partial charge is 0.447 e. The molecule has 1 saturated heterocycles. The molecule has 0 saturated carbocycles. The van der Waals surface area contributed by atoms with E-state index in [2.05, 4.69) is 10.1 Å². The number of nitrogens with one attached hydrogen (secondary N) is 1. The standard InChI is InChI=1S/C10H9F2NO2.ClH/c1-5-2-3-6(9(12)8(5)11)7-4-15-10(14)13-7;/h2-3,7H,4H2,1H3,(H,13,14);1H/t7-;/m0./s1. The summed E-state index contributed by atoms with van der Waals surface area (Å²) >= 11 is 0. The summed E-state index contributed by atoms with van der Waals surface area (Å²) in [7, 11) is 0. The number of halogens is 3. The van der Waals surface area contributed by atoms with Crippen molar-refractivity contribution >= 4 is 18.5 Å². The molecule has 1 N–H and O–H groups in total. The van der Waals surface area contributed by atoms with Gasteiger partial charge in [-0.15, -0.1) is 12.4 Å². The van der Waals surface area contributed by atoms with Gasteiger partial charge in [-0.2, -0.15) is 0 Å². The molecular weight excluding hydrogens is 240 g/mol. The lowest BCUT2D eigenvalue weighted by atomic mass is 10.0. The van der Waals surface area contributed by atoms with Gasteiger partial charge in [0.2, 0.25) is 0 Å². The molecule has 0 radical (unpaired) electrons. The smallest absolute Gasteiger partial charge is 0.407 e. The highest BCUT2D eigenvalue weighted by Crippen LogP contribution is 2.24. The normalized spacial score (nSPS) is 18.7. The number of aryl methyl sites for hydroxylation is 1. The summed E-state index contributed by atoms with van der Waals surface area (Å²) in [6, 6.07) is 2.32. The van der Waals surface area contributed by atoms with Crippen LogP contribution in [-0.2, 0) is 4.74 Å². The Balaban J connectivity index is 0.00000128. The summed E-state index contributed by atoms with van der Waals surface area (Å²) in [6.07, 6.45) is -0.611. The Bertz CT molecular complexity index is 426. The van der Waals surface area contributed by atoms with Crippen molar-refractivity contribution in [3.05, 3.63) is 34.9 Å². The molecule has 0 bridgehead atoms. The van der Waals surface area contributed by atoms with Crippen molar-refractivity contribution in [2.45, 2.75) is 13.0 Å². The number of alkyl carbamates (subject to hydrolysis) is 1. The van der Waals surface area contributed by atoms with Crippen LogP contribution in [-0.4, -0.2) is 12.7 Å². The molecule has 1 amide bonds. The number of cyclic esters (lactones) is 1. The highest BCUT2D eigenvalue weighted by molar-refractivity contribution is 5.85. The first-order chi connectivity index (χ1) is 7.09. The number of hydrogen-bond acceptors (Lipinski definition) is 2. The van der Waals surface area contributed by atoms with Crippen molar-refractivity contribution in [1.29, 1.82) is 0 Å². The van der Waals surface area contributed by atoms with Crippen molar-refractivity contribution in [3.63, 3.8) is 0 Å². The zero-order valence-electron chi connectivity index (χ0n) is 8.42. The van der Waals surface area contributed by atoms with Crippen molar-refractivity contribution < 1.29 is 18.3 Å². The van der Waals surface area contributed by atoms with Gasteiger partial charge >= 0.3 is 6.09 Å². The third-order valence-corrected chi connectivity index (χ3v) is 2.35. The first-order valence-electron chi connectivity index (χ1n) is 4.47. The Morgan fingerprint density at radius 2 is 2.06 bits per heavy atom. The molecule has 1 fully saturated rings. The number of benzene rings is 1. The van der Waals surface area contributed by atoms with Gasteiger partial charge in [0.15, 0.2) is 11.6 Å². The summed E-state index contributed by atoms with van der Waals surface area (Å²) in [5.41, 5.74) is 0.352. The summed E-state index contributed by atoms with van der Waals surface area (Å²) in [5, 5.41) is 2.39. The molecule has 0 aliphatic carbocycles. The van der Waals surface area contributed by atoms with Gasteiger partial charge in [-0.1, -0.05) is 12.1 Å². The molecular formula is C10H10ClF2NO2. The molecule has 1 heterocycles. The third-order valence-electron chi connectivity index (χ3n) is 2.35. The molecule has 1 aromatic carbocycles. The van der Waals surface area contributed by atoms with E-state index in [4.69, 9.17) is 0 Å². The average Bonchev–Trinajstić information content (AvgIpc) is 2.61. The fraction of sp³-hybridized carbons (Fsp3) is 0.300. The van der Waals surface area contributed by atoms with E-state index in [9.17, 15) is 13.6 Å². The van der Waals surface area contributed by atoms with E-state index in [0.29, 0.717) is 0 Å². The minimum atomic E-state index is -0.925. The molecule has 0 aromatic heterocycles. The van der Waals surface area contributed by atoms with Gasteiger partial charge in [-0.05, 0) is 12.5 Å². The zero-order chi connectivity index (χ0) is 11.0. The van der Waals surface area contributed by atoms with E-state index in [1.165, 1.54) is 19.1 Å². The van der Waals surface area contributed by atoms with Crippen molar-refractivity contribution in [2.24, 2.45) is 0 Å². The van der Waals surface area contributed by atoms with Crippen LogP contribution in [0.1, 0.15) is 17.2 Å². The Kier molecular flexibility index (Phi) is 3.70. The lowest BCUT2D eigenvalue weighted by molar-refractivity contribution is 0.176. The van der Waals surface area contributed by atoms with E-state index >= 15 is 0 Å². The van der Waals surface area contributed by atoms with Crippen LogP contribution < -0.4 is 5.32 Å². The molecule has 3 nitrogen and oxygen atoms in total. The fourth-order valence-electron chi connectivity index (χ4n) is 1.48. The topological polar surface area (TPSA) is 38.3 Å². The molecule has 1 aromatic rings. The summed E-state index contributed by atoms with van der Waals surface area (Å²) < 4.78 is 31.3. The average molecular weight is 250 g/mol.